The molecule has 0 radical (unpaired) electrons. The van der Waals surface area contributed by atoms with Crippen LogP contribution in [0.3, 0.4) is 0 Å². The van der Waals surface area contributed by atoms with Gasteiger partial charge in [-0.05, 0) is 35.6 Å². The largest absolute Gasteiger partial charge is 0.369 e. The summed E-state index contributed by atoms with van der Waals surface area (Å²) < 4.78 is 1.06. The van der Waals surface area contributed by atoms with Crippen LogP contribution in [0.2, 0.25) is 0 Å². The van der Waals surface area contributed by atoms with E-state index in [4.69, 9.17) is 4.98 Å². The van der Waals surface area contributed by atoms with Crippen LogP contribution in [0, 0.1) is 3.57 Å². The third-order valence-electron chi connectivity index (χ3n) is 2.72. The van der Waals surface area contributed by atoms with E-state index < -0.39 is 0 Å². The van der Waals surface area contributed by atoms with Crippen LogP contribution in [0.15, 0.2) is 18.6 Å². The van der Waals surface area contributed by atoms with E-state index in [1.807, 2.05) is 6.07 Å². The molecule has 106 valence electrons. The number of hydrogen-bond donors (Lipinski definition) is 1. The number of nitrogens with one attached hydrogen (secondary N) is 1. The monoisotopic (exact) mass is 383 g/mol. The summed E-state index contributed by atoms with van der Waals surface area (Å²) in [6, 6.07) is 1.82. The van der Waals surface area contributed by atoms with E-state index in [9.17, 15) is 0 Å². The lowest BCUT2D eigenvalue weighted by Crippen LogP contribution is -2.19. The van der Waals surface area contributed by atoms with Crippen LogP contribution >= 0.6 is 22.6 Å². The molecular weight excluding hydrogens is 365 g/mol. The molecular formula is C14H18IN5. The maximum atomic E-state index is 4.71. The lowest BCUT2D eigenvalue weighted by atomic mass is 9.92. The second-order valence-corrected chi connectivity index (χ2v) is 6.51. The van der Waals surface area contributed by atoms with Gasteiger partial charge in [-0.3, -0.25) is 0 Å². The smallest absolute Gasteiger partial charge is 0.180 e. The number of hydrogen-bond acceptors (Lipinski definition) is 5. The molecule has 2 heterocycles. The quantitative estimate of drug-likeness (QED) is 0.825. The summed E-state index contributed by atoms with van der Waals surface area (Å²) in [6.45, 7) is 9.32. The SMILES string of the molecule is CCNc1nc(-c2ccncn2)nc(C(C)(C)C)c1I. The van der Waals surface area contributed by atoms with Crippen LogP contribution in [0.1, 0.15) is 33.4 Å². The molecule has 0 aromatic carbocycles. The third kappa shape index (κ3) is 3.23. The zero-order chi connectivity index (χ0) is 14.8. The summed E-state index contributed by atoms with van der Waals surface area (Å²) in [4.78, 5) is 17.5. The molecule has 0 aliphatic carbocycles. The average molecular weight is 383 g/mol. The van der Waals surface area contributed by atoms with Gasteiger partial charge in [0.25, 0.3) is 0 Å². The van der Waals surface area contributed by atoms with Gasteiger partial charge >= 0.3 is 0 Å². The van der Waals surface area contributed by atoms with Gasteiger partial charge < -0.3 is 5.32 Å². The summed E-state index contributed by atoms with van der Waals surface area (Å²) in [7, 11) is 0. The lowest BCUT2D eigenvalue weighted by molar-refractivity contribution is 0.564. The molecule has 0 aliphatic heterocycles. The fourth-order valence-corrected chi connectivity index (χ4v) is 3.01. The highest BCUT2D eigenvalue weighted by molar-refractivity contribution is 14.1. The Morgan fingerprint density at radius 1 is 1.25 bits per heavy atom. The molecule has 2 aromatic heterocycles. The average Bonchev–Trinajstić information content (AvgIpc) is 2.41. The number of nitrogens with zero attached hydrogens (tertiary/aromatic N) is 4. The van der Waals surface area contributed by atoms with Crippen molar-refractivity contribution < 1.29 is 0 Å². The van der Waals surface area contributed by atoms with Gasteiger partial charge in [0.05, 0.1) is 9.26 Å². The molecule has 2 aromatic rings. The van der Waals surface area contributed by atoms with E-state index in [1.54, 1.807) is 6.20 Å². The minimum absolute atomic E-state index is 0.0502. The van der Waals surface area contributed by atoms with Gasteiger partial charge in [0, 0.05) is 18.2 Å². The van der Waals surface area contributed by atoms with Crippen molar-refractivity contribution in [1.29, 1.82) is 0 Å². The molecule has 5 nitrogen and oxygen atoms in total. The maximum absolute atomic E-state index is 4.71. The first-order chi connectivity index (χ1) is 9.43. The van der Waals surface area contributed by atoms with Crippen molar-refractivity contribution in [3.05, 3.63) is 27.9 Å². The summed E-state index contributed by atoms with van der Waals surface area (Å²) in [5.41, 5.74) is 1.71. The Hall–Kier alpha value is -1.31. The Morgan fingerprint density at radius 2 is 2.00 bits per heavy atom. The molecule has 2 rings (SSSR count). The number of aromatic nitrogens is 4. The summed E-state index contributed by atoms with van der Waals surface area (Å²) in [5.74, 6) is 1.50. The van der Waals surface area contributed by atoms with Crippen LogP contribution in [0.25, 0.3) is 11.5 Å². The molecule has 6 heteroatoms. The lowest BCUT2D eigenvalue weighted by Gasteiger charge is -2.21. The zero-order valence-electron chi connectivity index (χ0n) is 12.1. The predicted molar refractivity (Wildman–Crippen MR) is 88.6 cm³/mol. The first kappa shape index (κ1) is 15.1. The van der Waals surface area contributed by atoms with E-state index in [0.29, 0.717) is 5.82 Å². The fraction of sp³-hybridized carbons (Fsp3) is 0.429. The van der Waals surface area contributed by atoms with Crippen molar-refractivity contribution in [3.63, 3.8) is 0 Å². The number of anilines is 1. The molecule has 0 spiro atoms. The first-order valence-corrected chi connectivity index (χ1v) is 7.59. The van der Waals surface area contributed by atoms with Crippen molar-refractivity contribution in [2.24, 2.45) is 0 Å². The van der Waals surface area contributed by atoms with Crippen molar-refractivity contribution in [3.8, 4) is 11.5 Å². The second-order valence-electron chi connectivity index (χ2n) is 5.43. The standard InChI is InChI=1S/C14H18IN5/c1-5-17-13-10(15)11(14(2,3)4)19-12(20-13)9-6-7-16-8-18-9/h6-8H,5H2,1-4H3,(H,17,19,20). The Morgan fingerprint density at radius 3 is 2.55 bits per heavy atom. The normalized spacial score (nSPS) is 11.4. The second kappa shape index (κ2) is 5.99. The van der Waals surface area contributed by atoms with E-state index >= 15 is 0 Å². The molecule has 0 fully saturated rings. The molecule has 0 amide bonds. The van der Waals surface area contributed by atoms with Crippen LogP contribution in [0.5, 0.6) is 0 Å². The summed E-state index contributed by atoms with van der Waals surface area (Å²) in [5, 5.41) is 3.30. The maximum Gasteiger partial charge on any atom is 0.180 e. The number of rotatable bonds is 3. The molecule has 1 N–H and O–H groups in total. The van der Waals surface area contributed by atoms with Gasteiger partial charge in [0.15, 0.2) is 5.82 Å². The molecule has 0 saturated carbocycles. The third-order valence-corrected chi connectivity index (χ3v) is 3.74. The van der Waals surface area contributed by atoms with Crippen LogP contribution in [0.4, 0.5) is 5.82 Å². The van der Waals surface area contributed by atoms with E-state index in [0.717, 1.165) is 27.3 Å². The molecule has 0 aliphatic rings. The summed E-state index contributed by atoms with van der Waals surface area (Å²) in [6.07, 6.45) is 3.22. The Balaban J connectivity index is 2.62. The predicted octanol–water partition coefficient (Wildman–Crippen LogP) is 3.27. The molecule has 0 bridgehead atoms. The highest BCUT2D eigenvalue weighted by atomic mass is 127. The highest BCUT2D eigenvalue weighted by Gasteiger charge is 2.23. The van der Waals surface area contributed by atoms with Crippen LogP contribution in [-0.2, 0) is 5.41 Å². The minimum atomic E-state index is -0.0502. The minimum Gasteiger partial charge on any atom is -0.369 e. The van der Waals surface area contributed by atoms with E-state index in [1.165, 1.54) is 6.33 Å². The zero-order valence-corrected chi connectivity index (χ0v) is 14.3. The van der Waals surface area contributed by atoms with E-state index in [-0.39, 0.29) is 5.41 Å². The molecule has 20 heavy (non-hydrogen) atoms. The van der Waals surface area contributed by atoms with Gasteiger partial charge in [-0.25, -0.2) is 19.9 Å². The molecule has 0 unspecified atom stereocenters. The van der Waals surface area contributed by atoms with Gasteiger partial charge in [-0.2, -0.15) is 0 Å². The van der Waals surface area contributed by atoms with Crippen molar-refractivity contribution in [2.75, 3.05) is 11.9 Å². The summed E-state index contributed by atoms with van der Waals surface area (Å²) >= 11 is 2.31. The Labute approximate surface area is 132 Å². The van der Waals surface area contributed by atoms with Crippen molar-refractivity contribution in [2.45, 2.75) is 33.1 Å². The topological polar surface area (TPSA) is 63.6 Å². The van der Waals surface area contributed by atoms with E-state index in [2.05, 4.69) is 70.6 Å². The Bertz CT molecular complexity index is 593. The van der Waals surface area contributed by atoms with Gasteiger partial charge in [-0.1, -0.05) is 20.8 Å². The number of halogens is 1. The van der Waals surface area contributed by atoms with Crippen molar-refractivity contribution >= 4 is 28.4 Å². The highest BCUT2D eigenvalue weighted by Crippen LogP contribution is 2.31. The van der Waals surface area contributed by atoms with Crippen molar-refractivity contribution in [1.82, 2.24) is 19.9 Å². The van der Waals surface area contributed by atoms with Gasteiger partial charge in [0.2, 0.25) is 0 Å². The van der Waals surface area contributed by atoms with Gasteiger partial charge in [-0.15, -0.1) is 0 Å². The molecule has 0 saturated heterocycles. The molecule has 0 atom stereocenters. The fourth-order valence-electron chi connectivity index (χ4n) is 1.77. The van der Waals surface area contributed by atoms with Crippen LogP contribution < -0.4 is 5.32 Å². The van der Waals surface area contributed by atoms with Crippen LogP contribution in [-0.4, -0.2) is 26.5 Å². The first-order valence-electron chi connectivity index (χ1n) is 6.51. The van der Waals surface area contributed by atoms with Gasteiger partial charge in [0.1, 0.15) is 17.8 Å². The Kier molecular flexibility index (Phi) is 4.52.